The molecule has 0 heterocycles. The maximum Gasteiger partial charge on any atom is 0.233 e. The molecule has 3 N–H and O–H groups in total. The summed E-state index contributed by atoms with van der Waals surface area (Å²) in [6.45, 7) is 7.88. The van der Waals surface area contributed by atoms with Gasteiger partial charge in [0.2, 0.25) is 5.91 Å². The molecule has 0 spiro atoms. The molecule has 3 nitrogen and oxygen atoms in total. The molecule has 1 aliphatic carbocycles. The number of amides is 1. The lowest BCUT2D eigenvalue weighted by atomic mass is 9.85. The number of nitrogens with one attached hydrogen (secondary N) is 1. The molecular formula is C12H22N2OS. The fourth-order valence-electron chi connectivity index (χ4n) is 1.78. The zero-order chi connectivity index (χ0) is 12.6. The molecule has 92 valence electrons. The van der Waals surface area contributed by atoms with Crippen molar-refractivity contribution in [2.45, 2.75) is 52.5 Å². The number of thiocarbonyl (C=S) groups is 1. The van der Waals surface area contributed by atoms with Crippen molar-refractivity contribution in [3.63, 3.8) is 0 Å². The summed E-state index contributed by atoms with van der Waals surface area (Å²) in [5.74, 6) is 0.559. The van der Waals surface area contributed by atoms with Gasteiger partial charge in [0.05, 0.1) is 10.4 Å². The van der Waals surface area contributed by atoms with Crippen molar-refractivity contribution in [3.8, 4) is 0 Å². The van der Waals surface area contributed by atoms with Crippen molar-refractivity contribution in [1.82, 2.24) is 5.32 Å². The first-order valence-corrected chi connectivity index (χ1v) is 6.27. The van der Waals surface area contributed by atoms with Gasteiger partial charge in [0.1, 0.15) is 0 Å². The van der Waals surface area contributed by atoms with Gasteiger partial charge in [-0.15, -0.1) is 0 Å². The second-order valence-electron chi connectivity index (χ2n) is 5.50. The standard InChI is InChI=1S/C12H22N2OS/c1-5-12(4,9(13)16)10(15)14-11(2,3)8-6-7-8/h8H,5-7H2,1-4H3,(H2,13,16)(H,14,15). The molecule has 16 heavy (non-hydrogen) atoms. The van der Waals surface area contributed by atoms with E-state index in [1.165, 1.54) is 12.8 Å². The third-order valence-electron chi connectivity index (χ3n) is 3.79. The summed E-state index contributed by atoms with van der Waals surface area (Å²) >= 11 is 4.99. The van der Waals surface area contributed by atoms with E-state index in [1.54, 1.807) is 0 Å². The van der Waals surface area contributed by atoms with Crippen LogP contribution in [0.15, 0.2) is 0 Å². The number of carbonyl (C=O) groups is 1. The summed E-state index contributed by atoms with van der Waals surface area (Å²) < 4.78 is 0. The van der Waals surface area contributed by atoms with Crippen LogP contribution in [0.3, 0.4) is 0 Å². The average molecular weight is 242 g/mol. The maximum absolute atomic E-state index is 12.2. The third-order valence-corrected chi connectivity index (χ3v) is 4.24. The normalized spacial score (nSPS) is 20.0. The maximum atomic E-state index is 12.2. The number of hydrogen-bond donors (Lipinski definition) is 2. The second-order valence-corrected chi connectivity index (χ2v) is 5.94. The molecule has 0 aromatic carbocycles. The van der Waals surface area contributed by atoms with Gasteiger partial charge in [0.15, 0.2) is 0 Å². The van der Waals surface area contributed by atoms with Crippen LogP contribution >= 0.6 is 12.2 Å². The Morgan fingerprint density at radius 1 is 1.44 bits per heavy atom. The topological polar surface area (TPSA) is 55.1 Å². The molecule has 1 atom stereocenters. The molecule has 0 radical (unpaired) electrons. The zero-order valence-corrected chi connectivity index (χ0v) is 11.4. The molecule has 1 amide bonds. The first kappa shape index (κ1) is 13.4. The summed E-state index contributed by atoms with van der Waals surface area (Å²) in [6.07, 6.45) is 3.03. The summed E-state index contributed by atoms with van der Waals surface area (Å²) in [5.41, 5.74) is 4.80. The van der Waals surface area contributed by atoms with Crippen molar-refractivity contribution in [3.05, 3.63) is 0 Å². The van der Waals surface area contributed by atoms with Gasteiger partial charge in [-0.25, -0.2) is 0 Å². The Kier molecular flexibility index (Phi) is 3.62. The van der Waals surface area contributed by atoms with E-state index in [-0.39, 0.29) is 16.4 Å². The Balaban J connectivity index is 2.73. The van der Waals surface area contributed by atoms with Crippen LogP contribution in [0.2, 0.25) is 0 Å². The lowest BCUT2D eigenvalue weighted by Gasteiger charge is -2.33. The molecule has 1 rings (SSSR count). The Bertz CT molecular complexity index is 310. The predicted molar refractivity (Wildman–Crippen MR) is 70.1 cm³/mol. The van der Waals surface area contributed by atoms with Crippen LogP contribution in [0.1, 0.15) is 47.0 Å². The summed E-state index contributed by atoms with van der Waals surface area (Å²) in [4.78, 5) is 12.5. The summed E-state index contributed by atoms with van der Waals surface area (Å²) in [7, 11) is 0. The number of rotatable bonds is 5. The Labute approximate surface area is 103 Å². The van der Waals surface area contributed by atoms with Gasteiger partial charge in [-0.2, -0.15) is 0 Å². The zero-order valence-electron chi connectivity index (χ0n) is 10.6. The minimum absolute atomic E-state index is 0.0422. The highest BCUT2D eigenvalue weighted by Gasteiger charge is 2.43. The van der Waals surface area contributed by atoms with Crippen molar-refractivity contribution >= 4 is 23.1 Å². The SMILES string of the molecule is CCC(C)(C(=O)NC(C)(C)C1CC1)C(N)=S. The third kappa shape index (κ3) is 2.54. The number of carbonyl (C=O) groups excluding carboxylic acids is 1. The van der Waals surface area contributed by atoms with Crippen molar-refractivity contribution in [2.75, 3.05) is 0 Å². The fourth-order valence-corrected chi connectivity index (χ4v) is 2.02. The number of nitrogens with two attached hydrogens (primary N) is 1. The average Bonchev–Trinajstić information content (AvgIpc) is 2.98. The van der Waals surface area contributed by atoms with Crippen LogP contribution in [0.4, 0.5) is 0 Å². The van der Waals surface area contributed by atoms with Gasteiger partial charge >= 0.3 is 0 Å². The van der Waals surface area contributed by atoms with Crippen LogP contribution in [-0.4, -0.2) is 16.4 Å². The highest BCUT2D eigenvalue weighted by Crippen LogP contribution is 2.39. The van der Waals surface area contributed by atoms with Crippen LogP contribution in [0, 0.1) is 11.3 Å². The quantitative estimate of drug-likeness (QED) is 0.725. The Hall–Kier alpha value is -0.640. The molecule has 1 saturated carbocycles. The minimum atomic E-state index is -0.721. The monoisotopic (exact) mass is 242 g/mol. The van der Waals surface area contributed by atoms with Gasteiger partial charge in [0.25, 0.3) is 0 Å². The molecule has 0 aliphatic heterocycles. The molecule has 1 fully saturated rings. The molecule has 0 bridgehead atoms. The van der Waals surface area contributed by atoms with Gasteiger partial charge in [-0.3, -0.25) is 4.79 Å². The van der Waals surface area contributed by atoms with E-state index in [1.807, 2.05) is 13.8 Å². The van der Waals surface area contributed by atoms with E-state index >= 15 is 0 Å². The van der Waals surface area contributed by atoms with Gasteiger partial charge in [-0.1, -0.05) is 19.1 Å². The lowest BCUT2D eigenvalue weighted by molar-refractivity contribution is -0.128. The fraction of sp³-hybridized carbons (Fsp3) is 0.833. The molecule has 1 aliphatic rings. The van der Waals surface area contributed by atoms with Crippen LogP contribution in [0.5, 0.6) is 0 Å². The van der Waals surface area contributed by atoms with Crippen molar-refractivity contribution < 1.29 is 4.79 Å². The van der Waals surface area contributed by atoms with Crippen molar-refractivity contribution in [1.29, 1.82) is 0 Å². The summed E-state index contributed by atoms with van der Waals surface area (Å²) in [5, 5.41) is 3.08. The van der Waals surface area contributed by atoms with Crippen LogP contribution < -0.4 is 11.1 Å². The van der Waals surface area contributed by atoms with E-state index in [2.05, 4.69) is 19.2 Å². The van der Waals surface area contributed by atoms with Gasteiger partial charge in [-0.05, 0) is 46.0 Å². The first-order chi connectivity index (χ1) is 7.24. The lowest BCUT2D eigenvalue weighted by Crippen LogP contribution is -2.54. The highest BCUT2D eigenvalue weighted by molar-refractivity contribution is 7.80. The Morgan fingerprint density at radius 2 is 1.94 bits per heavy atom. The Morgan fingerprint density at radius 3 is 2.25 bits per heavy atom. The van der Waals surface area contributed by atoms with E-state index < -0.39 is 5.41 Å². The predicted octanol–water partition coefficient (Wildman–Crippen LogP) is 1.99. The van der Waals surface area contributed by atoms with Crippen molar-refractivity contribution in [2.24, 2.45) is 17.1 Å². The molecule has 0 aromatic rings. The summed E-state index contributed by atoms with van der Waals surface area (Å²) in [6, 6.07) is 0. The molecule has 0 aromatic heterocycles. The van der Waals surface area contributed by atoms with Crippen LogP contribution in [-0.2, 0) is 4.79 Å². The van der Waals surface area contributed by atoms with E-state index in [4.69, 9.17) is 18.0 Å². The van der Waals surface area contributed by atoms with Crippen LogP contribution in [0.25, 0.3) is 0 Å². The molecular weight excluding hydrogens is 220 g/mol. The largest absolute Gasteiger partial charge is 0.392 e. The van der Waals surface area contributed by atoms with Gasteiger partial charge in [0, 0.05) is 5.54 Å². The smallest absolute Gasteiger partial charge is 0.233 e. The van der Waals surface area contributed by atoms with E-state index in [0.717, 1.165) is 0 Å². The minimum Gasteiger partial charge on any atom is -0.392 e. The highest BCUT2D eigenvalue weighted by atomic mass is 32.1. The molecule has 1 unspecified atom stereocenters. The first-order valence-electron chi connectivity index (χ1n) is 5.86. The molecule has 4 heteroatoms. The van der Waals surface area contributed by atoms with Gasteiger partial charge < -0.3 is 11.1 Å². The number of hydrogen-bond acceptors (Lipinski definition) is 2. The molecule has 0 saturated heterocycles. The van der Waals surface area contributed by atoms with E-state index in [9.17, 15) is 4.79 Å². The van der Waals surface area contributed by atoms with E-state index in [0.29, 0.717) is 12.3 Å². The second kappa shape index (κ2) is 4.32.